The molecule has 0 saturated heterocycles. The van der Waals surface area contributed by atoms with Gasteiger partial charge >= 0.3 is 5.97 Å². The second kappa shape index (κ2) is 6.31. The summed E-state index contributed by atoms with van der Waals surface area (Å²) in [6, 6.07) is 0. The Bertz CT molecular complexity index is 468. The first kappa shape index (κ1) is 15.1. The molecule has 0 saturated carbocycles. The summed E-state index contributed by atoms with van der Waals surface area (Å²) in [5, 5.41) is 7.70. The molecule has 1 heterocycles. The van der Waals surface area contributed by atoms with Gasteiger partial charge < -0.3 is 9.64 Å². The molecule has 0 aliphatic heterocycles. The Hall–Kier alpha value is -1.92. The molecule has 1 aromatic heterocycles. The lowest BCUT2D eigenvalue weighted by Gasteiger charge is -2.16. The highest BCUT2D eigenvalue weighted by Gasteiger charge is 2.24. The van der Waals surface area contributed by atoms with Gasteiger partial charge in [-0.15, -0.1) is 5.10 Å². The van der Waals surface area contributed by atoms with E-state index >= 15 is 0 Å². The van der Waals surface area contributed by atoms with Crippen LogP contribution in [0.2, 0.25) is 0 Å². The van der Waals surface area contributed by atoms with Crippen molar-refractivity contribution >= 4 is 11.9 Å². The molecule has 0 fully saturated rings. The van der Waals surface area contributed by atoms with Crippen molar-refractivity contribution in [3.8, 4) is 0 Å². The van der Waals surface area contributed by atoms with E-state index < -0.39 is 5.97 Å². The summed E-state index contributed by atoms with van der Waals surface area (Å²) in [5.41, 5.74) is 0.786. The quantitative estimate of drug-likeness (QED) is 0.733. The number of amides is 1. The van der Waals surface area contributed by atoms with Crippen LogP contribution in [-0.2, 0) is 16.1 Å². The molecular formula is C12H20N4O3. The second-order valence-electron chi connectivity index (χ2n) is 4.54. The lowest BCUT2D eigenvalue weighted by molar-refractivity contribution is -0.130. The van der Waals surface area contributed by atoms with E-state index in [4.69, 9.17) is 0 Å². The van der Waals surface area contributed by atoms with E-state index in [9.17, 15) is 9.59 Å². The molecular weight excluding hydrogens is 248 g/mol. The first-order chi connectivity index (χ1) is 8.92. The molecule has 0 spiro atoms. The van der Waals surface area contributed by atoms with Crippen LogP contribution in [0.3, 0.4) is 0 Å². The maximum absolute atomic E-state index is 11.9. The number of ether oxygens (including phenoxy) is 1. The van der Waals surface area contributed by atoms with E-state index in [0.717, 1.165) is 0 Å². The maximum atomic E-state index is 11.9. The maximum Gasteiger partial charge on any atom is 0.360 e. The highest BCUT2D eigenvalue weighted by atomic mass is 16.5. The molecule has 0 atom stereocenters. The topological polar surface area (TPSA) is 77.3 Å². The van der Waals surface area contributed by atoms with Gasteiger partial charge in [-0.25, -0.2) is 9.48 Å². The molecule has 1 amide bonds. The minimum atomic E-state index is -0.536. The second-order valence-corrected chi connectivity index (χ2v) is 4.54. The van der Waals surface area contributed by atoms with Crippen molar-refractivity contribution in [2.24, 2.45) is 0 Å². The van der Waals surface area contributed by atoms with Crippen molar-refractivity contribution < 1.29 is 14.3 Å². The van der Waals surface area contributed by atoms with Crippen molar-refractivity contribution in [3.05, 3.63) is 11.4 Å². The van der Waals surface area contributed by atoms with Crippen LogP contribution >= 0.6 is 0 Å². The molecule has 1 rings (SSSR count). The van der Waals surface area contributed by atoms with Crippen molar-refractivity contribution in [2.75, 3.05) is 20.7 Å². The lowest BCUT2D eigenvalue weighted by Crippen LogP contribution is -2.31. The Kier molecular flexibility index (Phi) is 5.02. The van der Waals surface area contributed by atoms with Crippen molar-refractivity contribution in [1.82, 2.24) is 19.9 Å². The third-order valence-electron chi connectivity index (χ3n) is 2.88. The van der Waals surface area contributed by atoms with Crippen LogP contribution in [0.15, 0.2) is 0 Å². The fourth-order valence-corrected chi connectivity index (χ4v) is 1.68. The minimum absolute atomic E-state index is 0.0174. The number of hydrogen-bond donors (Lipinski definition) is 0. The fraction of sp³-hybridized carbons (Fsp3) is 0.667. The van der Waals surface area contributed by atoms with Crippen LogP contribution in [0.4, 0.5) is 0 Å². The molecule has 0 aromatic carbocycles. The van der Waals surface area contributed by atoms with Gasteiger partial charge in [0.25, 0.3) is 0 Å². The lowest BCUT2D eigenvalue weighted by atomic mass is 10.1. The Balaban J connectivity index is 3.05. The van der Waals surface area contributed by atoms with Crippen LogP contribution in [0.1, 0.15) is 42.9 Å². The van der Waals surface area contributed by atoms with Gasteiger partial charge in [0, 0.05) is 13.6 Å². The minimum Gasteiger partial charge on any atom is -0.464 e. The Labute approximate surface area is 112 Å². The molecule has 0 bridgehead atoms. The van der Waals surface area contributed by atoms with Gasteiger partial charge in [0.1, 0.15) is 6.54 Å². The van der Waals surface area contributed by atoms with Crippen LogP contribution in [0, 0.1) is 0 Å². The summed E-state index contributed by atoms with van der Waals surface area (Å²) in [6.07, 6.45) is 0. The highest BCUT2D eigenvalue weighted by molar-refractivity contribution is 5.88. The summed E-state index contributed by atoms with van der Waals surface area (Å²) in [7, 11) is 3.01. The zero-order chi connectivity index (χ0) is 14.6. The highest BCUT2D eigenvalue weighted by Crippen LogP contribution is 2.18. The number of carbonyl (C=O) groups is 2. The smallest absolute Gasteiger partial charge is 0.360 e. The average molecular weight is 268 g/mol. The molecule has 0 unspecified atom stereocenters. The summed E-state index contributed by atoms with van der Waals surface area (Å²) in [6.45, 7) is 6.41. The van der Waals surface area contributed by atoms with Crippen LogP contribution < -0.4 is 0 Å². The monoisotopic (exact) mass is 268 g/mol. The summed E-state index contributed by atoms with van der Waals surface area (Å²) < 4.78 is 6.13. The normalized spacial score (nSPS) is 10.6. The molecule has 106 valence electrons. The first-order valence-corrected chi connectivity index (χ1v) is 6.18. The summed E-state index contributed by atoms with van der Waals surface area (Å²) >= 11 is 0. The van der Waals surface area contributed by atoms with E-state index in [1.807, 2.05) is 20.8 Å². The number of nitrogens with zero attached hydrogens (tertiary/aromatic N) is 4. The van der Waals surface area contributed by atoms with Crippen molar-refractivity contribution in [2.45, 2.75) is 33.2 Å². The summed E-state index contributed by atoms with van der Waals surface area (Å²) in [4.78, 5) is 25.1. The van der Waals surface area contributed by atoms with Crippen molar-refractivity contribution in [3.63, 3.8) is 0 Å². The Morgan fingerprint density at radius 1 is 1.42 bits per heavy atom. The van der Waals surface area contributed by atoms with E-state index in [1.165, 1.54) is 11.8 Å². The van der Waals surface area contributed by atoms with Crippen LogP contribution in [0.25, 0.3) is 0 Å². The molecule has 0 radical (unpaired) electrons. The predicted octanol–water partition coefficient (Wildman–Crippen LogP) is 0.666. The van der Waals surface area contributed by atoms with Crippen molar-refractivity contribution in [1.29, 1.82) is 0 Å². The fourth-order valence-electron chi connectivity index (χ4n) is 1.68. The number of carbonyl (C=O) groups excluding carboxylic acids is 2. The van der Waals surface area contributed by atoms with E-state index in [-0.39, 0.29) is 24.1 Å². The zero-order valence-corrected chi connectivity index (χ0v) is 12.0. The van der Waals surface area contributed by atoms with Crippen LogP contribution in [-0.4, -0.2) is 52.5 Å². The number of likely N-dealkylation sites (N-methyl/N-ethyl adjacent to an activating group) is 1. The van der Waals surface area contributed by atoms with Gasteiger partial charge in [0.2, 0.25) is 5.91 Å². The molecule has 0 aliphatic carbocycles. The number of hydrogen-bond acceptors (Lipinski definition) is 5. The standard InChI is InChI=1S/C12H20N4O3/c1-6-15(4)9(17)7-16-11(8(2)3)10(13-14-16)12(18)19-5/h8H,6-7H2,1-5H3. The Morgan fingerprint density at radius 2 is 2.05 bits per heavy atom. The third-order valence-corrected chi connectivity index (χ3v) is 2.88. The third kappa shape index (κ3) is 3.30. The number of aromatic nitrogens is 3. The molecule has 7 heteroatoms. The summed E-state index contributed by atoms with van der Waals surface area (Å²) in [5.74, 6) is -0.596. The molecule has 19 heavy (non-hydrogen) atoms. The number of esters is 1. The van der Waals surface area contributed by atoms with Crippen LogP contribution in [0.5, 0.6) is 0 Å². The van der Waals surface area contributed by atoms with Gasteiger partial charge in [0.05, 0.1) is 12.8 Å². The number of rotatable bonds is 5. The van der Waals surface area contributed by atoms with Gasteiger partial charge in [0.15, 0.2) is 5.69 Å². The van der Waals surface area contributed by atoms with E-state index in [2.05, 4.69) is 15.0 Å². The largest absolute Gasteiger partial charge is 0.464 e. The van der Waals surface area contributed by atoms with E-state index in [1.54, 1.807) is 11.9 Å². The average Bonchev–Trinajstić information content (AvgIpc) is 2.80. The number of methoxy groups -OCH3 is 1. The molecule has 7 nitrogen and oxygen atoms in total. The first-order valence-electron chi connectivity index (χ1n) is 6.18. The van der Waals surface area contributed by atoms with Gasteiger partial charge in [-0.2, -0.15) is 0 Å². The molecule has 0 N–H and O–H groups in total. The zero-order valence-electron chi connectivity index (χ0n) is 12.0. The van der Waals surface area contributed by atoms with Gasteiger partial charge in [-0.3, -0.25) is 4.79 Å². The van der Waals surface area contributed by atoms with Gasteiger partial charge in [-0.1, -0.05) is 19.1 Å². The van der Waals surface area contributed by atoms with E-state index in [0.29, 0.717) is 12.2 Å². The molecule has 0 aliphatic rings. The Morgan fingerprint density at radius 3 is 2.53 bits per heavy atom. The predicted molar refractivity (Wildman–Crippen MR) is 68.8 cm³/mol. The van der Waals surface area contributed by atoms with Gasteiger partial charge in [-0.05, 0) is 12.8 Å². The SMILES string of the molecule is CCN(C)C(=O)Cn1nnc(C(=O)OC)c1C(C)C. The molecule has 1 aromatic rings.